The number of carbonyl (C=O) groups excluding carboxylic acids is 1. The van der Waals surface area contributed by atoms with Crippen molar-refractivity contribution >= 4 is 11.5 Å². The van der Waals surface area contributed by atoms with Gasteiger partial charge >= 0.3 is 6.18 Å². The minimum atomic E-state index is -4.38. The molecule has 2 heterocycles. The van der Waals surface area contributed by atoms with E-state index in [9.17, 15) is 18.0 Å². The number of amides is 1. The maximum atomic E-state index is 13.5. The summed E-state index contributed by atoms with van der Waals surface area (Å²) >= 11 is 0. The molecule has 7 heteroatoms. The number of carbonyl (C=O) groups is 1. The van der Waals surface area contributed by atoms with E-state index >= 15 is 0 Å². The number of piperazine rings is 1. The van der Waals surface area contributed by atoms with Crippen LogP contribution in [0.1, 0.15) is 30.0 Å². The first-order valence-corrected chi connectivity index (χ1v) is 9.86. The van der Waals surface area contributed by atoms with E-state index in [-0.39, 0.29) is 11.5 Å². The molecule has 0 N–H and O–H groups in total. The van der Waals surface area contributed by atoms with Gasteiger partial charge in [0.25, 0.3) is 0 Å². The lowest BCUT2D eigenvalue weighted by atomic mass is 9.92. The molecule has 0 aliphatic carbocycles. The second-order valence-electron chi connectivity index (χ2n) is 7.63. The summed E-state index contributed by atoms with van der Waals surface area (Å²) in [5.74, 6) is 0.0530. The van der Waals surface area contributed by atoms with Crippen molar-refractivity contribution in [2.75, 3.05) is 52.9 Å². The summed E-state index contributed by atoms with van der Waals surface area (Å²) in [4.78, 5) is 18.7. The standard InChI is InChI=1S/C21H28F3N3O/c1-3-16-4-5-18(19(14-16)21(22,23)24)17-6-8-27(9-7-17)20(28)15-26-12-10-25(2)11-13-26/h4-6,14H,3,7-13,15H2,1-2H3. The molecule has 154 valence electrons. The lowest BCUT2D eigenvalue weighted by molar-refractivity contribution is -0.138. The molecule has 0 aromatic heterocycles. The smallest absolute Gasteiger partial charge is 0.338 e. The van der Waals surface area contributed by atoms with Crippen molar-refractivity contribution in [3.63, 3.8) is 0 Å². The molecule has 0 atom stereocenters. The van der Waals surface area contributed by atoms with Gasteiger partial charge in [-0.25, -0.2) is 0 Å². The molecule has 0 spiro atoms. The van der Waals surface area contributed by atoms with E-state index in [1.807, 2.05) is 6.92 Å². The maximum absolute atomic E-state index is 13.5. The molecule has 1 amide bonds. The van der Waals surface area contributed by atoms with E-state index in [2.05, 4.69) is 16.8 Å². The average Bonchev–Trinajstić information content (AvgIpc) is 2.68. The molecule has 4 nitrogen and oxygen atoms in total. The van der Waals surface area contributed by atoms with Crippen LogP contribution in [0, 0.1) is 0 Å². The molecular formula is C21H28F3N3O. The second kappa shape index (κ2) is 8.66. The van der Waals surface area contributed by atoms with Crippen LogP contribution in [0.25, 0.3) is 5.57 Å². The number of alkyl halides is 3. The number of halogens is 3. The number of rotatable bonds is 4. The summed E-state index contributed by atoms with van der Waals surface area (Å²) in [6.45, 7) is 6.71. The Labute approximate surface area is 164 Å². The number of hydrogen-bond acceptors (Lipinski definition) is 3. The topological polar surface area (TPSA) is 26.8 Å². The van der Waals surface area contributed by atoms with Gasteiger partial charge in [0.1, 0.15) is 0 Å². The average molecular weight is 395 g/mol. The minimum absolute atomic E-state index is 0.0530. The van der Waals surface area contributed by atoms with Gasteiger partial charge in [0.05, 0.1) is 12.1 Å². The summed E-state index contributed by atoms with van der Waals surface area (Å²) in [6, 6.07) is 4.59. The van der Waals surface area contributed by atoms with E-state index < -0.39 is 11.7 Å². The number of nitrogens with zero attached hydrogens (tertiary/aromatic N) is 3. The SMILES string of the molecule is CCc1ccc(C2=CCN(C(=O)CN3CCN(C)CC3)CC2)c(C(F)(F)F)c1. The molecule has 3 rings (SSSR count). The van der Waals surface area contributed by atoms with Gasteiger partial charge in [-0.2, -0.15) is 13.2 Å². The zero-order chi connectivity index (χ0) is 20.3. The van der Waals surface area contributed by atoms with E-state index in [0.717, 1.165) is 26.2 Å². The molecule has 2 aliphatic heterocycles. The highest BCUT2D eigenvalue weighted by Crippen LogP contribution is 2.37. The fraction of sp³-hybridized carbons (Fsp3) is 0.571. The highest BCUT2D eigenvalue weighted by molar-refractivity contribution is 5.80. The third kappa shape index (κ3) is 4.94. The van der Waals surface area contributed by atoms with E-state index in [1.165, 1.54) is 6.07 Å². The predicted octanol–water partition coefficient (Wildman–Crippen LogP) is 3.13. The lowest BCUT2D eigenvalue weighted by Crippen LogP contribution is -2.49. The lowest BCUT2D eigenvalue weighted by Gasteiger charge is -2.34. The molecule has 0 saturated carbocycles. The highest BCUT2D eigenvalue weighted by Gasteiger charge is 2.35. The van der Waals surface area contributed by atoms with E-state index in [1.54, 1.807) is 23.1 Å². The third-order valence-corrected chi connectivity index (χ3v) is 5.66. The van der Waals surface area contributed by atoms with Gasteiger partial charge in [0, 0.05) is 39.3 Å². The number of hydrogen-bond donors (Lipinski definition) is 0. The van der Waals surface area contributed by atoms with E-state index in [4.69, 9.17) is 0 Å². The van der Waals surface area contributed by atoms with Crippen molar-refractivity contribution in [2.45, 2.75) is 25.9 Å². The number of benzene rings is 1. The molecule has 28 heavy (non-hydrogen) atoms. The molecule has 1 aromatic carbocycles. The summed E-state index contributed by atoms with van der Waals surface area (Å²) < 4.78 is 40.5. The van der Waals surface area contributed by atoms with E-state index in [0.29, 0.717) is 43.6 Å². The molecule has 2 aliphatic rings. The molecule has 1 fully saturated rings. The molecule has 0 bridgehead atoms. The molecule has 1 saturated heterocycles. The highest BCUT2D eigenvalue weighted by atomic mass is 19.4. The van der Waals surface area contributed by atoms with Gasteiger partial charge in [-0.15, -0.1) is 0 Å². The molecular weight excluding hydrogens is 367 g/mol. The summed E-state index contributed by atoms with van der Waals surface area (Å²) in [6.07, 6.45) is -1.59. The minimum Gasteiger partial charge on any atom is -0.338 e. The van der Waals surface area contributed by atoms with Crippen molar-refractivity contribution in [2.24, 2.45) is 0 Å². The summed E-state index contributed by atoms with van der Waals surface area (Å²) in [5, 5.41) is 0. The Morgan fingerprint density at radius 3 is 2.39 bits per heavy atom. The molecule has 1 aromatic rings. The zero-order valence-corrected chi connectivity index (χ0v) is 16.6. The van der Waals surface area contributed by atoms with Crippen LogP contribution >= 0.6 is 0 Å². The second-order valence-corrected chi connectivity index (χ2v) is 7.63. The van der Waals surface area contributed by atoms with Crippen molar-refractivity contribution < 1.29 is 18.0 Å². The van der Waals surface area contributed by atoms with Crippen LogP contribution in [0.15, 0.2) is 24.3 Å². The Morgan fingerprint density at radius 2 is 1.82 bits per heavy atom. The maximum Gasteiger partial charge on any atom is 0.417 e. The van der Waals surface area contributed by atoms with Gasteiger partial charge in [-0.3, -0.25) is 9.69 Å². The first kappa shape index (κ1) is 20.9. The van der Waals surface area contributed by atoms with Crippen LogP contribution in [0.4, 0.5) is 13.2 Å². The Morgan fingerprint density at radius 1 is 1.11 bits per heavy atom. The van der Waals surface area contributed by atoms with Crippen LogP contribution in [0.5, 0.6) is 0 Å². The molecule has 0 unspecified atom stereocenters. The van der Waals surface area contributed by atoms with Crippen molar-refractivity contribution in [1.82, 2.24) is 14.7 Å². The van der Waals surface area contributed by atoms with Gasteiger partial charge in [-0.05, 0) is 42.7 Å². The fourth-order valence-corrected chi connectivity index (χ4v) is 3.76. The van der Waals surface area contributed by atoms with Gasteiger partial charge < -0.3 is 9.80 Å². The van der Waals surface area contributed by atoms with Gasteiger partial charge in [0.15, 0.2) is 0 Å². The first-order valence-electron chi connectivity index (χ1n) is 9.86. The van der Waals surface area contributed by atoms with Crippen molar-refractivity contribution in [1.29, 1.82) is 0 Å². The monoisotopic (exact) mass is 395 g/mol. The first-order chi connectivity index (χ1) is 13.3. The normalized spacial score (nSPS) is 19.6. The Kier molecular flexibility index (Phi) is 6.45. The van der Waals surface area contributed by atoms with Crippen LogP contribution in [0.2, 0.25) is 0 Å². The number of likely N-dealkylation sites (N-methyl/N-ethyl adjacent to an activating group) is 1. The Balaban J connectivity index is 1.67. The van der Waals surface area contributed by atoms with Gasteiger partial charge in [0.2, 0.25) is 5.91 Å². The third-order valence-electron chi connectivity index (χ3n) is 5.66. The predicted molar refractivity (Wildman–Crippen MR) is 104 cm³/mol. The van der Waals surface area contributed by atoms with Crippen molar-refractivity contribution in [3.05, 3.63) is 41.0 Å². The largest absolute Gasteiger partial charge is 0.417 e. The van der Waals surface area contributed by atoms with Crippen molar-refractivity contribution in [3.8, 4) is 0 Å². The fourth-order valence-electron chi connectivity index (χ4n) is 3.76. The van der Waals surface area contributed by atoms with Crippen LogP contribution < -0.4 is 0 Å². The van der Waals surface area contributed by atoms with Gasteiger partial charge in [-0.1, -0.05) is 25.1 Å². The number of aryl methyl sites for hydroxylation is 1. The zero-order valence-electron chi connectivity index (χ0n) is 16.6. The summed E-state index contributed by atoms with van der Waals surface area (Å²) in [5.41, 5.74) is 1.03. The van der Waals surface area contributed by atoms with Crippen LogP contribution in [0.3, 0.4) is 0 Å². The Hall–Kier alpha value is -1.86. The summed E-state index contributed by atoms with van der Waals surface area (Å²) in [7, 11) is 2.07. The van der Waals surface area contributed by atoms with Crippen LogP contribution in [-0.4, -0.2) is 73.5 Å². The Bertz CT molecular complexity index is 737. The van der Waals surface area contributed by atoms with Crippen LogP contribution in [-0.2, 0) is 17.4 Å². The molecule has 0 radical (unpaired) electrons. The quantitative estimate of drug-likeness (QED) is 0.784.